The Morgan fingerprint density at radius 2 is 1.79 bits per heavy atom. The van der Waals surface area contributed by atoms with Crippen molar-refractivity contribution in [3.8, 4) is 5.75 Å². The van der Waals surface area contributed by atoms with Crippen LogP contribution in [0.3, 0.4) is 0 Å². The van der Waals surface area contributed by atoms with Crippen molar-refractivity contribution in [3.05, 3.63) is 29.8 Å². The standard InChI is InChI=1S/C17H28N4O3/c1-4-18-17(21-12-13-24-5-2)20-11-10-19-16(22)14-6-8-15(23-3)9-7-14/h6-9H,4-5,10-13H2,1-3H3,(H,19,22)(H2,18,20,21). The number of hydrogen-bond acceptors (Lipinski definition) is 4. The molecule has 3 N–H and O–H groups in total. The Morgan fingerprint density at radius 3 is 2.42 bits per heavy atom. The normalized spacial score (nSPS) is 11.0. The number of nitrogens with zero attached hydrogens (tertiary/aromatic N) is 1. The van der Waals surface area contributed by atoms with Crippen LogP contribution in [0.1, 0.15) is 24.2 Å². The Kier molecular flexibility index (Phi) is 10.0. The van der Waals surface area contributed by atoms with Crippen molar-refractivity contribution in [2.45, 2.75) is 13.8 Å². The van der Waals surface area contributed by atoms with Crippen molar-refractivity contribution in [2.75, 3.05) is 46.5 Å². The van der Waals surface area contributed by atoms with Gasteiger partial charge in [0.25, 0.3) is 5.91 Å². The number of aliphatic imine (C=N–C) groups is 1. The summed E-state index contributed by atoms with van der Waals surface area (Å²) in [5, 5.41) is 9.18. The van der Waals surface area contributed by atoms with Crippen LogP contribution in [0.5, 0.6) is 5.75 Å². The first-order valence-corrected chi connectivity index (χ1v) is 8.23. The Labute approximate surface area is 143 Å². The molecule has 0 heterocycles. The first-order valence-electron chi connectivity index (χ1n) is 8.23. The number of carbonyl (C=O) groups is 1. The molecule has 0 fully saturated rings. The van der Waals surface area contributed by atoms with Gasteiger partial charge in [0.1, 0.15) is 5.75 Å². The van der Waals surface area contributed by atoms with Gasteiger partial charge in [-0.05, 0) is 38.1 Å². The third kappa shape index (κ3) is 7.82. The van der Waals surface area contributed by atoms with E-state index in [1.54, 1.807) is 31.4 Å². The van der Waals surface area contributed by atoms with Gasteiger partial charge >= 0.3 is 0 Å². The van der Waals surface area contributed by atoms with Gasteiger partial charge < -0.3 is 25.4 Å². The van der Waals surface area contributed by atoms with Crippen LogP contribution in [0.15, 0.2) is 29.3 Å². The number of methoxy groups -OCH3 is 1. The molecule has 0 saturated heterocycles. The molecule has 0 spiro atoms. The first kappa shape index (κ1) is 19.8. The molecule has 0 aliphatic rings. The molecule has 7 nitrogen and oxygen atoms in total. The molecule has 1 aromatic rings. The topological polar surface area (TPSA) is 84.0 Å². The number of benzene rings is 1. The zero-order valence-electron chi connectivity index (χ0n) is 14.7. The highest BCUT2D eigenvalue weighted by molar-refractivity contribution is 5.94. The minimum Gasteiger partial charge on any atom is -0.497 e. The summed E-state index contributed by atoms with van der Waals surface area (Å²) in [5.41, 5.74) is 0.605. The van der Waals surface area contributed by atoms with Crippen LogP contribution in [0, 0.1) is 0 Å². The molecule has 0 aliphatic heterocycles. The van der Waals surface area contributed by atoms with Crippen LogP contribution in [-0.4, -0.2) is 58.4 Å². The van der Waals surface area contributed by atoms with Gasteiger partial charge in [-0.3, -0.25) is 9.79 Å². The number of carbonyl (C=O) groups excluding carboxylic acids is 1. The SMILES string of the molecule is CCNC(=NCCOCC)NCCNC(=O)c1ccc(OC)cc1. The summed E-state index contributed by atoms with van der Waals surface area (Å²) < 4.78 is 10.3. The van der Waals surface area contributed by atoms with Crippen LogP contribution < -0.4 is 20.7 Å². The van der Waals surface area contributed by atoms with Crippen LogP contribution >= 0.6 is 0 Å². The maximum Gasteiger partial charge on any atom is 0.251 e. The van der Waals surface area contributed by atoms with Gasteiger partial charge in [-0.15, -0.1) is 0 Å². The lowest BCUT2D eigenvalue weighted by Gasteiger charge is -2.12. The molecule has 1 rings (SSSR count). The Morgan fingerprint density at radius 1 is 1.08 bits per heavy atom. The van der Waals surface area contributed by atoms with E-state index >= 15 is 0 Å². The third-order valence-corrected chi connectivity index (χ3v) is 3.11. The summed E-state index contributed by atoms with van der Waals surface area (Å²) in [6.45, 7) is 7.71. The molecule has 0 aliphatic carbocycles. The highest BCUT2D eigenvalue weighted by atomic mass is 16.5. The zero-order valence-corrected chi connectivity index (χ0v) is 14.7. The molecule has 0 aromatic heterocycles. The van der Waals surface area contributed by atoms with Gasteiger partial charge in [-0.1, -0.05) is 0 Å². The zero-order chi connectivity index (χ0) is 17.6. The maximum atomic E-state index is 12.0. The lowest BCUT2D eigenvalue weighted by atomic mass is 10.2. The number of guanidine groups is 1. The average Bonchev–Trinajstić information content (AvgIpc) is 2.62. The quantitative estimate of drug-likeness (QED) is 0.337. The van der Waals surface area contributed by atoms with E-state index in [0.717, 1.165) is 18.3 Å². The largest absolute Gasteiger partial charge is 0.497 e. The summed E-state index contributed by atoms with van der Waals surface area (Å²) in [5.74, 6) is 1.33. The Balaban J connectivity index is 2.31. The van der Waals surface area contributed by atoms with Gasteiger partial charge in [0.2, 0.25) is 0 Å². The molecular formula is C17H28N4O3. The summed E-state index contributed by atoms with van der Waals surface area (Å²) in [4.78, 5) is 16.4. The van der Waals surface area contributed by atoms with E-state index in [0.29, 0.717) is 38.4 Å². The second-order valence-electron chi connectivity index (χ2n) is 4.87. The molecule has 1 amide bonds. The molecule has 0 bridgehead atoms. The summed E-state index contributed by atoms with van der Waals surface area (Å²) >= 11 is 0. The maximum absolute atomic E-state index is 12.0. The Bertz CT molecular complexity index is 503. The van der Waals surface area contributed by atoms with Gasteiger partial charge in [0.05, 0.1) is 20.3 Å². The lowest BCUT2D eigenvalue weighted by Crippen LogP contribution is -2.41. The first-order chi connectivity index (χ1) is 11.7. The van der Waals surface area contributed by atoms with Crippen molar-refractivity contribution >= 4 is 11.9 Å². The van der Waals surface area contributed by atoms with E-state index in [4.69, 9.17) is 9.47 Å². The number of rotatable bonds is 10. The fraction of sp³-hybridized carbons (Fsp3) is 0.529. The summed E-state index contributed by atoms with van der Waals surface area (Å²) in [6, 6.07) is 7.00. The van der Waals surface area contributed by atoms with Crippen molar-refractivity contribution < 1.29 is 14.3 Å². The smallest absolute Gasteiger partial charge is 0.251 e. The number of hydrogen-bond donors (Lipinski definition) is 3. The van der Waals surface area contributed by atoms with Crippen LogP contribution in [0.4, 0.5) is 0 Å². The minimum atomic E-state index is -0.113. The fourth-order valence-corrected chi connectivity index (χ4v) is 1.91. The predicted octanol–water partition coefficient (Wildman–Crippen LogP) is 1.02. The van der Waals surface area contributed by atoms with E-state index in [1.807, 2.05) is 13.8 Å². The Hall–Kier alpha value is -2.28. The van der Waals surface area contributed by atoms with E-state index in [1.165, 1.54) is 0 Å². The van der Waals surface area contributed by atoms with Crippen LogP contribution in [-0.2, 0) is 4.74 Å². The number of ether oxygens (including phenoxy) is 2. The van der Waals surface area contributed by atoms with Crippen LogP contribution in [0.2, 0.25) is 0 Å². The monoisotopic (exact) mass is 336 g/mol. The highest BCUT2D eigenvalue weighted by Crippen LogP contribution is 2.10. The second kappa shape index (κ2) is 12.2. The summed E-state index contributed by atoms with van der Waals surface area (Å²) in [7, 11) is 1.60. The average molecular weight is 336 g/mol. The molecule has 1 aromatic carbocycles. The molecule has 0 atom stereocenters. The lowest BCUT2D eigenvalue weighted by molar-refractivity contribution is 0.0954. The highest BCUT2D eigenvalue weighted by Gasteiger charge is 2.05. The van der Waals surface area contributed by atoms with E-state index in [9.17, 15) is 4.79 Å². The number of nitrogens with one attached hydrogen (secondary N) is 3. The minimum absolute atomic E-state index is 0.113. The molecule has 134 valence electrons. The van der Waals surface area contributed by atoms with E-state index in [2.05, 4.69) is 20.9 Å². The van der Waals surface area contributed by atoms with Gasteiger partial charge in [-0.2, -0.15) is 0 Å². The molecule has 0 saturated carbocycles. The van der Waals surface area contributed by atoms with Crippen LogP contribution in [0.25, 0.3) is 0 Å². The van der Waals surface area contributed by atoms with Crippen molar-refractivity contribution in [2.24, 2.45) is 4.99 Å². The van der Waals surface area contributed by atoms with E-state index in [-0.39, 0.29) is 5.91 Å². The molecule has 0 radical (unpaired) electrons. The molecule has 7 heteroatoms. The molecular weight excluding hydrogens is 308 g/mol. The number of amides is 1. The third-order valence-electron chi connectivity index (χ3n) is 3.11. The molecule has 24 heavy (non-hydrogen) atoms. The predicted molar refractivity (Wildman–Crippen MR) is 95.8 cm³/mol. The van der Waals surface area contributed by atoms with E-state index < -0.39 is 0 Å². The van der Waals surface area contributed by atoms with Gasteiger partial charge in [0, 0.05) is 31.8 Å². The van der Waals surface area contributed by atoms with Gasteiger partial charge in [0.15, 0.2) is 5.96 Å². The van der Waals surface area contributed by atoms with Crippen molar-refractivity contribution in [1.29, 1.82) is 0 Å². The summed E-state index contributed by atoms with van der Waals surface area (Å²) in [6.07, 6.45) is 0. The molecule has 0 unspecified atom stereocenters. The van der Waals surface area contributed by atoms with Gasteiger partial charge in [-0.25, -0.2) is 0 Å². The fourth-order valence-electron chi connectivity index (χ4n) is 1.91. The van der Waals surface area contributed by atoms with Crippen molar-refractivity contribution in [3.63, 3.8) is 0 Å². The second-order valence-corrected chi connectivity index (χ2v) is 4.87. The van der Waals surface area contributed by atoms with Crippen molar-refractivity contribution in [1.82, 2.24) is 16.0 Å².